The topological polar surface area (TPSA) is 44.8 Å². The van der Waals surface area contributed by atoms with Gasteiger partial charge in [0.2, 0.25) is 0 Å². The number of nitrogens with one attached hydrogen (secondary N) is 1. The fourth-order valence-corrected chi connectivity index (χ4v) is 3.59. The van der Waals surface area contributed by atoms with Crippen LogP contribution in [-0.2, 0) is 4.74 Å². The van der Waals surface area contributed by atoms with Gasteiger partial charge in [-0.05, 0) is 30.9 Å². The van der Waals surface area contributed by atoms with E-state index in [1.807, 2.05) is 35.2 Å². The second kappa shape index (κ2) is 7.99. The Hall–Kier alpha value is -1.59. The van der Waals surface area contributed by atoms with Gasteiger partial charge in [0, 0.05) is 50.6 Å². The Morgan fingerprint density at radius 2 is 1.88 bits per heavy atom. The van der Waals surface area contributed by atoms with E-state index < -0.39 is 0 Å². The zero-order chi connectivity index (χ0) is 16.9. The first-order valence-corrected chi connectivity index (χ1v) is 9.08. The Labute approximate surface area is 145 Å². The van der Waals surface area contributed by atoms with Crippen molar-refractivity contribution in [1.29, 1.82) is 0 Å². The average molecular weight is 331 g/mol. The number of rotatable bonds is 5. The minimum Gasteiger partial charge on any atom is -0.381 e. The minimum absolute atomic E-state index is 0.00826. The number of hydrogen-bond donors (Lipinski definition) is 1. The molecule has 2 aliphatic rings. The maximum absolute atomic E-state index is 12.3. The van der Waals surface area contributed by atoms with Gasteiger partial charge >= 0.3 is 6.03 Å². The highest BCUT2D eigenvalue weighted by molar-refractivity contribution is 5.89. The zero-order valence-electron chi connectivity index (χ0n) is 14.8. The van der Waals surface area contributed by atoms with Crippen LogP contribution in [0.15, 0.2) is 30.3 Å². The molecule has 5 heteroatoms. The lowest BCUT2D eigenvalue weighted by Gasteiger charge is -2.49. The maximum Gasteiger partial charge on any atom is 0.321 e. The Morgan fingerprint density at radius 1 is 1.21 bits per heavy atom. The number of hydrogen-bond acceptors (Lipinski definition) is 3. The molecule has 0 unspecified atom stereocenters. The van der Waals surface area contributed by atoms with Crippen molar-refractivity contribution in [2.75, 3.05) is 38.2 Å². The summed E-state index contributed by atoms with van der Waals surface area (Å²) in [5.74, 6) is 0.639. The number of anilines is 1. The molecule has 0 radical (unpaired) electrons. The minimum atomic E-state index is 0.00826. The van der Waals surface area contributed by atoms with Crippen molar-refractivity contribution in [3.05, 3.63) is 30.3 Å². The van der Waals surface area contributed by atoms with Crippen molar-refractivity contribution < 1.29 is 9.53 Å². The molecule has 0 saturated carbocycles. The zero-order valence-corrected chi connectivity index (χ0v) is 14.8. The number of likely N-dealkylation sites (tertiary alicyclic amines) is 1. The van der Waals surface area contributed by atoms with Crippen LogP contribution in [0.3, 0.4) is 0 Å². The molecule has 24 heavy (non-hydrogen) atoms. The third-order valence-electron chi connectivity index (χ3n) is 4.88. The SMILES string of the molecule is CC(C)CN(C1CCOCC1)C1CN(C(=O)Nc2ccccc2)C1. The Morgan fingerprint density at radius 3 is 2.50 bits per heavy atom. The van der Waals surface area contributed by atoms with Gasteiger partial charge < -0.3 is 15.0 Å². The quantitative estimate of drug-likeness (QED) is 0.902. The third kappa shape index (κ3) is 4.28. The molecule has 5 nitrogen and oxygen atoms in total. The molecule has 132 valence electrons. The molecule has 0 bridgehead atoms. The molecule has 1 N–H and O–H groups in total. The molecule has 1 aromatic rings. The van der Waals surface area contributed by atoms with Crippen molar-refractivity contribution >= 4 is 11.7 Å². The summed E-state index contributed by atoms with van der Waals surface area (Å²) < 4.78 is 5.51. The van der Waals surface area contributed by atoms with Crippen molar-refractivity contribution in [3.8, 4) is 0 Å². The summed E-state index contributed by atoms with van der Waals surface area (Å²) in [5.41, 5.74) is 0.856. The Kier molecular flexibility index (Phi) is 5.74. The molecule has 2 saturated heterocycles. The summed E-state index contributed by atoms with van der Waals surface area (Å²) in [6.07, 6.45) is 2.22. The molecule has 2 aliphatic heterocycles. The molecule has 0 aromatic heterocycles. The third-order valence-corrected chi connectivity index (χ3v) is 4.88. The fourth-order valence-electron chi connectivity index (χ4n) is 3.59. The van der Waals surface area contributed by atoms with E-state index >= 15 is 0 Å². The molecule has 0 spiro atoms. The predicted molar refractivity (Wildman–Crippen MR) is 96.2 cm³/mol. The Bertz CT molecular complexity index is 523. The Balaban J connectivity index is 1.53. The van der Waals surface area contributed by atoms with Crippen LogP contribution in [0.4, 0.5) is 10.5 Å². The number of amides is 2. The highest BCUT2D eigenvalue weighted by Crippen LogP contribution is 2.24. The van der Waals surface area contributed by atoms with Crippen LogP contribution in [-0.4, -0.2) is 60.8 Å². The van der Waals surface area contributed by atoms with Gasteiger partial charge in [-0.2, -0.15) is 0 Å². The van der Waals surface area contributed by atoms with Gasteiger partial charge in [0.25, 0.3) is 0 Å². The normalized spacial score (nSPS) is 19.6. The molecule has 2 heterocycles. The monoisotopic (exact) mass is 331 g/mol. The van der Waals surface area contributed by atoms with Crippen LogP contribution >= 0.6 is 0 Å². The van der Waals surface area contributed by atoms with Gasteiger partial charge in [-0.25, -0.2) is 4.79 Å². The van der Waals surface area contributed by atoms with Crippen molar-refractivity contribution in [1.82, 2.24) is 9.80 Å². The number of nitrogens with zero attached hydrogens (tertiary/aromatic N) is 2. The lowest BCUT2D eigenvalue weighted by molar-refractivity contribution is -0.0229. The smallest absolute Gasteiger partial charge is 0.321 e. The van der Waals surface area contributed by atoms with E-state index in [2.05, 4.69) is 24.1 Å². The van der Waals surface area contributed by atoms with Gasteiger partial charge in [0.1, 0.15) is 0 Å². The summed E-state index contributed by atoms with van der Waals surface area (Å²) >= 11 is 0. The van der Waals surface area contributed by atoms with E-state index in [1.54, 1.807) is 0 Å². The first-order valence-electron chi connectivity index (χ1n) is 9.08. The second-order valence-corrected chi connectivity index (χ2v) is 7.29. The summed E-state index contributed by atoms with van der Waals surface area (Å²) in [6, 6.07) is 10.8. The first kappa shape index (κ1) is 17.2. The summed E-state index contributed by atoms with van der Waals surface area (Å²) in [7, 11) is 0. The highest BCUT2D eigenvalue weighted by Gasteiger charge is 2.38. The van der Waals surface area contributed by atoms with Gasteiger partial charge in [0.05, 0.1) is 0 Å². The van der Waals surface area contributed by atoms with Crippen molar-refractivity contribution in [2.24, 2.45) is 5.92 Å². The maximum atomic E-state index is 12.3. The number of urea groups is 1. The van der Waals surface area contributed by atoms with E-state index in [-0.39, 0.29) is 6.03 Å². The molecule has 0 atom stereocenters. The predicted octanol–water partition coefficient (Wildman–Crippen LogP) is 3.04. The van der Waals surface area contributed by atoms with Gasteiger partial charge in [-0.3, -0.25) is 4.90 Å². The molecule has 2 amide bonds. The molecule has 1 aromatic carbocycles. The van der Waals surface area contributed by atoms with Crippen molar-refractivity contribution in [2.45, 2.75) is 38.8 Å². The number of carbonyl (C=O) groups is 1. The van der Waals surface area contributed by atoms with Crippen LogP contribution in [0.5, 0.6) is 0 Å². The van der Waals surface area contributed by atoms with Crippen LogP contribution in [0.25, 0.3) is 0 Å². The molecule has 2 fully saturated rings. The molecular formula is C19H29N3O2. The van der Waals surface area contributed by atoms with Gasteiger partial charge in [-0.15, -0.1) is 0 Å². The number of carbonyl (C=O) groups excluding carboxylic acids is 1. The van der Waals surface area contributed by atoms with Crippen LogP contribution in [0, 0.1) is 5.92 Å². The molecular weight excluding hydrogens is 302 g/mol. The first-order chi connectivity index (χ1) is 11.6. The lowest BCUT2D eigenvalue weighted by Crippen LogP contribution is -2.64. The van der Waals surface area contributed by atoms with E-state index in [0.29, 0.717) is 18.0 Å². The van der Waals surface area contributed by atoms with E-state index in [1.165, 1.54) is 0 Å². The van der Waals surface area contributed by atoms with Crippen LogP contribution < -0.4 is 5.32 Å². The number of benzene rings is 1. The average Bonchev–Trinajstić information content (AvgIpc) is 2.54. The van der Waals surface area contributed by atoms with E-state index in [0.717, 1.165) is 51.4 Å². The van der Waals surface area contributed by atoms with Gasteiger partial charge in [-0.1, -0.05) is 32.0 Å². The number of ether oxygens (including phenoxy) is 1. The van der Waals surface area contributed by atoms with Crippen LogP contribution in [0.1, 0.15) is 26.7 Å². The van der Waals surface area contributed by atoms with E-state index in [9.17, 15) is 4.79 Å². The lowest BCUT2D eigenvalue weighted by atomic mass is 9.98. The van der Waals surface area contributed by atoms with Crippen LogP contribution in [0.2, 0.25) is 0 Å². The summed E-state index contributed by atoms with van der Waals surface area (Å²) in [5, 5.41) is 2.97. The number of para-hydroxylation sites is 1. The fraction of sp³-hybridized carbons (Fsp3) is 0.632. The second-order valence-electron chi connectivity index (χ2n) is 7.29. The highest BCUT2D eigenvalue weighted by atomic mass is 16.5. The summed E-state index contributed by atoms with van der Waals surface area (Å²) in [6.45, 7) is 9.01. The van der Waals surface area contributed by atoms with Crippen molar-refractivity contribution in [3.63, 3.8) is 0 Å². The molecule has 3 rings (SSSR count). The summed E-state index contributed by atoms with van der Waals surface area (Å²) in [4.78, 5) is 16.9. The van der Waals surface area contributed by atoms with Gasteiger partial charge in [0.15, 0.2) is 0 Å². The van der Waals surface area contributed by atoms with E-state index in [4.69, 9.17) is 4.74 Å². The molecule has 0 aliphatic carbocycles. The standard InChI is InChI=1S/C19H29N3O2/c1-15(2)12-22(17-8-10-24-11-9-17)18-13-21(14-18)19(23)20-16-6-4-3-5-7-16/h3-7,15,17-18H,8-14H2,1-2H3,(H,20,23). The largest absolute Gasteiger partial charge is 0.381 e.